The maximum atomic E-state index is 12.5. The van der Waals surface area contributed by atoms with E-state index in [1.807, 2.05) is 36.1 Å². The van der Waals surface area contributed by atoms with Crippen LogP contribution in [0.25, 0.3) is 0 Å². The van der Waals surface area contributed by atoms with Gasteiger partial charge < -0.3 is 10.2 Å². The predicted molar refractivity (Wildman–Crippen MR) is 96.9 cm³/mol. The fraction of sp³-hybridized carbons (Fsp3) is 0.600. The van der Waals surface area contributed by atoms with E-state index in [-0.39, 0.29) is 11.8 Å². The van der Waals surface area contributed by atoms with E-state index in [2.05, 4.69) is 19.2 Å². The van der Waals surface area contributed by atoms with Crippen molar-refractivity contribution >= 4 is 11.8 Å². The number of nitrogens with zero attached hydrogens (tertiary/aromatic N) is 1. The van der Waals surface area contributed by atoms with E-state index >= 15 is 0 Å². The molecule has 2 amide bonds. The van der Waals surface area contributed by atoms with Crippen molar-refractivity contribution in [2.24, 2.45) is 11.8 Å². The molecule has 4 nitrogen and oxygen atoms in total. The highest BCUT2D eigenvalue weighted by atomic mass is 16.2. The Morgan fingerprint density at radius 2 is 1.79 bits per heavy atom. The van der Waals surface area contributed by atoms with Crippen LogP contribution < -0.4 is 5.32 Å². The molecule has 2 rings (SSSR count). The van der Waals surface area contributed by atoms with E-state index in [4.69, 9.17) is 0 Å². The number of rotatable bonds is 6. The quantitative estimate of drug-likeness (QED) is 0.869. The number of piperidine rings is 1. The number of benzene rings is 1. The molecule has 0 unspecified atom stereocenters. The number of carbonyl (C=O) groups excluding carboxylic acids is 2. The number of carbonyl (C=O) groups is 2. The maximum Gasteiger partial charge on any atom is 0.253 e. The third-order valence-corrected chi connectivity index (χ3v) is 4.72. The van der Waals surface area contributed by atoms with E-state index < -0.39 is 0 Å². The summed E-state index contributed by atoms with van der Waals surface area (Å²) in [5.74, 6) is 1.27. The van der Waals surface area contributed by atoms with Crippen LogP contribution in [0.3, 0.4) is 0 Å². The van der Waals surface area contributed by atoms with E-state index in [1.54, 1.807) is 0 Å². The second-order valence-corrected chi connectivity index (χ2v) is 7.34. The molecule has 0 atom stereocenters. The van der Waals surface area contributed by atoms with Crippen molar-refractivity contribution in [3.05, 3.63) is 35.4 Å². The fourth-order valence-corrected chi connectivity index (χ4v) is 3.05. The fourth-order valence-electron chi connectivity index (χ4n) is 3.05. The molecule has 1 aromatic carbocycles. The highest BCUT2D eigenvalue weighted by Crippen LogP contribution is 2.22. The molecule has 1 N–H and O–H groups in total. The largest absolute Gasteiger partial charge is 0.356 e. The second-order valence-electron chi connectivity index (χ2n) is 7.34. The van der Waals surface area contributed by atoms with Crippen molar-refractivity contribution in [1.82, 2.24) is 10.2 Å². The summed E-state index contributed by atoms with van der Waals surface area (Å²) in [5.41, 5.74) is 1.92. The summed E-state index contributed by atoms with van der Waals surface area (Å²) in [5, 5.41) is 3.01. The Kier molecular flexibility index (Phi) is 6.83. The lowest BCUT2D eigenvalue weighted by Gasteiger charge is -2.32. The van der Waals surface area contributed by atoms with Crippen LogP contribution in [-0.2, 0) is 4.79 Å². The highest BCUT2D eigenvalue weighted by Gasteiger charge is 2.24. The first-order valence-electron chi connectivity index (χ1n) is 9.08. The molecule has 1 fully saturated rings. The average molecular weight is 330 g/mol. The third-order valence-electron chi connectivity index (χ3n) is 4.72. The minimum atomic E-state index is 0.106. The Hall–Kier alpha value is -1.84. The standard InChI is InChI=1S/C20H30N2O2/c1-15(2)8-11-21-19(23)14-17-9-12-22(13-10-17)20(24)18-6-4-16(3)5-7-18/h4-7,15,17H,8-14H2,1-3H3,(H,21,23). The first kappa shape index (κ1) is 18.5. The van der Waals surface area contributed by atoms with Gasteiger partial charge in [-0.05, 0) is 50.2 Å². The summed E-state index contributed by atoms with van der Waals surface area (Å²) in [6.07, 6.45) is 3.43. The van der Waals surface area contributed by atoms with E-state index in [0.29, 0.717) is 18.3 Å². The van der Waals surface area contributed by atoms with Crippen LogP contribution >= 0.6 is 0 Å². The predicted octanol–water partition coefficient (Wildman–Crippen LogP) is 3.40. The van der Waals surface area contributed by atoms with Gasteiger partial charge in [0.25, 0.3) is 5.91 Å². The summed E-state index contributed by atoms with van der Waals surface area (Å²) in [6, 6.07) is 7.74. The van der Waals surface area contributed by atoms with Gasteiger partial charge in [0.2, 0.25) is 5.91 Å². The first-order chi connectivity index (χ1) is 11.5. The molecule has 0 aliphatic carbocycles. The lowest BCUT2D eigenvalue weighted by Crippen LogP contribution is -2.39. The van der Waals surface area contributed by atoms with Gasteiger partial charge in [-0.1, -0.05) is 31.5 Å². The molecule has 4 heteroatoms. The Morgan fingerprint density at radius 1 is 1.17 bits per heavy atom. The first-order valence-corrected chi connectivity index (χ1v) is 9.08. The van der Waals surface area contributed by atoms with Gasteiger partial charge in [-0.3, -0.25) is 9.59 Å². The van der Waals surface area contributed by atoms with Crippen molar-refractivity contribution in [2.45, 2.75) is 46.5 Å². The zero-order valence-corrected chi connectivity index (χ0v) is 15.2. The van der Waals surface area contributed by atoms with E-state index in [1.165, 1.54) is 0 Å². The van der Waals surface area contributed by atoms with Crippen LogP contribution in [0.15, 0.2) is 24.3 Å². The van der Waals surface area contributed by atoms with Gasteiger partial charge in [0, 0.05) is 31.6 Å². The van der Waals surface area contributed by atoms with Crippen LogP contribution in [-0.4, -0.2) is 36.3 Å². The monoisotopic (exact) mass is 330 g/mol. The summed E-state index contributed by atoms with van der Waals surface area (Å²) in [4.78, 5) is 26.4. The molecule has 0 bridgehead atoms. The maximum absolute atomic E-state index is 12.5. The molecule has 0 aromatic heterocycles. The molecule has 1 aromatic rings. The minimum Gasteiger partial charge on any atom is -0.356 e. The van der Waals surface area contributed by atoms with Gasteiger partial charge in [0.15, 0.2) is 0 Å². The van der Waals surface area contributed by atoms with Crippen molar-refractivity contribution < 1.29 is 9.59 Å². The van der Waals surface area contributed by atoms with Crippen LogP contribution in [0.5, 0.6) is 0 Å². The van der Waals surface area contributed by atoms with E-state index in [9.17, 15) is 9.59 Å². The average Bonchev–Trinajstić information content (AvgIpc) is 2.55. The lowest BCUT2D eigenvalue weighted by molar-refractivity contribution is -0.122. The Labute approximate surface area is 145 Å². The van der Waals surface area contributed by atoms with Crippen molar-refractivity contribution in [3.63, 3.8) is 0 Å². The number of aryl methyl sites for hydroxylation is 1. The van der Waals surface area contributed by atoms with Crippen molar-refractivity contribution in [2.75, 3.05) is 19.6 Å². The lowest BCUT2D eigenvalue weighted by atomic mass is 9.92. The second kappa shape index (κ2) is 8.86. The minimum absolute atomic E-state index is 0.106. The zero-order valence-electron chi connectivity index (χ0n) is 15.2. The summed E-state index contributed by atoms with van der Waals surface area (Å²) in [7, 11) is 0. The third kappa shape index (κ3) is 5.66. The topological polar surface area (TPSA) is 49.4 Å². The van der Waals surface area contributed by atoms with Crippen LogP contribution in [0, 0.1) is 18.8 Å². The normalized spacial score (nSPS) is 15.6. The van der Waals surface area contributed by atoms with Crippen LogP contribution in [0.1, 0.15) is 55.5 Å². The molecular weight excluding hydrogens is 300 g/mol. The van der Waals surface area contributed by atoms with Gasteiger partial charge in [-0.25, -0.2) is 0 Å². The smallest absolute Gasteiger partial charge is 0.253 e. The zero-order chi connectivity index (χ0) is 17.5. The van der Waals surface area contributed by atoms with Gasteiger partial charge in [0.05, 0.1) is 0 Å². The highest BCUT2D eigenvalue weighted by molar-refractivity contribution is 5.94. The molecule has 0 radical (unpaired) electrons. The van der Waals surface area contributed by atoms with Crippen molar-refractivity contribution in [1.29, 1.82) is 0 Å². The summed E-state index contributed by atoms with van der Waals surface area (Å²) in [6.45, 7) is 8.60. The summed E-state index contributed by atoms with van der Waals surface area (Å²) >= 11 is 0. The van der Waals surface area contributed by atoms with Crippen LogP contribution in [0.2, 0.25) is 0 Å². The van der Waals surface area contributed by atoms with Crippen LogP contribution in [0.4, 0.5) is 0 Å². The van der Waals surface area contributed by atoms with Gasteiger partial charge >= 0.3 is 0 Å². The molecule has 0 spiro atoms. The van der Waals surface area contributed by atoms with E-state index in [0.717, 1.165) is 50.0 Å². The molecule has 1 saturated heterocycles. The Bertz CT molecular complexity index is 543. The molecule has 0 saturated carbocycles. The number of nitrogens with one attached hydrogen (secondary N) is 1. The van der Waals surface area contributed by atoms with Crippen molar-refractivity contribution in [3.8, 4) is 0 Å². The molecule has 1 heterocycles. The number of amides is 2. The Morgan fingerprint density at radius 3 is 2.38 bits per heavy atom. The molecule has 132 valence electrons. The van der Waals surface area contributed by atoms with Gasteiger partial charge in [0.1, 0.15) is 0 Å². The molecule has 1 aliphatic rings. The SMILES string of the molecule is Cc1ccc(C(=O)N2CCC(CC(=O)NCCC(C)C)CC2)cc1. The number of hydrogen-bond donors (Lipinski definition) is 1. The van der Waals surface area contributed by atoms with Gasteiger partial charge in [-0.2, -0.15) is 0 Å². The molecule has 1 aliphatic heterocycles. The number of likely N-dealkylation sites (tertiary alicyclic amines) is 1. The van der Waals surface area contributed by atoms with Gasteiger partial charge in [-0.15, -0.1) is 0 Å². The Balaban J connectivity index is 1.74. The number of hydrogen-bond acceptors (Lipinski definition) is 2. The molecule has 24 heavy (non-hydrogen) atoms. The summed E-state index contributed by atoms with van der Waals surface area (Å²) < 4.78 is 0. The molecular formula is C20H30N2O2.